The van der Waals surface area contributed by atoms with Crippen LogP contribution < -0.4 is 5.14 Å². The largest absolute Gasteiger partial charge is 0.338 e. The first-order valence-corrected chi connectivity index (χ1v) is 8.72. The third-order valence-corrected chi connectivity index (χ3v) is 5.67. The van der Waals surface area contributed by atoms with Gasteiger partial charge < -0.3 is 4.90 Å². The standard InChI is InChI=1S/C13H16Cl2N2O3S/c1-7-5-17(6-8(7)2)13(18)9-3-10(14)12(15)11(4-9)21(16,19)20/h3-4,7-8H,5-6H2,1-2H3,(H2,16,19,20). The summed E-state index contributed by atoms with van der Waals surface area (Å²) >= 11 is 11.8. The van der Waals surface area contributed by atoms with E-state index >= 15 is 0 Å². The average molecular weight is 351 g/mol. The summed E-state index contributed by atoms with van der Waals surface area (Å²) < 4.78 is 23.0. The Hall–Kier alpha value is -0.820. The van der Waals surface area contributed by atoms with Crippen molar-refractivity contribution in [2.45, 2.75) is 18.7 Å². The molecule has 0 aromatic heterocycles. The van der Waals surface area contributed by atoms with E-state index in [2.05, 4.69) is 13.8 Å². The van der Waals surface area contributed by atoms with E-state index in [0.29, 0.717) is 24.9 Å². The Balaban J connectivity index is 2.42. The SMILES string of the molecule is CC1CN(C(=O)c2cc(Cl)c(Cl)c(S(N)(=O)=O)c2)CC1C. The number of nitrogens with zero attached hydrogens (tertiary/aromatic N) is 1. The van der Waals surface area contributed by atoms with Crippen LogP contribution >= 0.6 is 23.2 Å². The van der Waals surface area contributed by atoms with Crippen molar-refractivity contribution in [3.8, 4) is 0 Å². The third-order valence-electron chi connectivity index (χ3n) is 3.82. The second-order valence-corrected chi connectivity index (χ2v) is 7.79. The first kappa shape index (κ1) is 16.5. The maximum absolute atomic E-state index is 12.5. The van der Waals surface area contributed by atoms with Crippen molar-refractivity contribution in [1.82, 2.24) is 4.90 Å². The summed E-state index contributed by atoms with van der Waals surface area (Å²) in [5.41, 5.74) is 0.176. The van der Waals surface area contributed by atoms with Crippen molar-refractivity contribution in [2.24, 2.45) is 17.0 Å². The molecular formula is C13H16Cl2N2O3S. The smallest absolute Gasteiger partial charge is 0.253 e. The van der Waals surface area contributed by atoms with E-state index in [1.807, 2.05) is 0 Å². The summed E-state index contributed by atoms with van der Waals surface area (Å²) in [6, 6.07) is 2.55. The second kappa shape index (κ2) is 5.76. The maximum Gasteiger partial charge on any atom is 0.253 e. The summed E-state index contributed by atoms with van der Waals surface area (Å²) in [6.45, 7) is 5.40. The van der Waals surface area contributed by atoms with Crippen LogP contribution in [-0.4, -0.2) is 32.3 Å². The van der Waals surface area contributed by atoms with Crippen molar-refractivity contribution in [1.29, 1.82) is 0 Å². The molecule has 2 atom stereocenters. The van der Waals surface area contributed by atoms with Crippen LogP contribution in [-0.2, 0) is 10.0 Å². The van der Waals surface area contributed by atoms with E-state index in [1.54, 1.807) is 4.90 Å². The molecule has 1 heterocycles. The fourth-order valence-corrected chi connectivity index (χ4v) is 3.73. The van der Waals surface area contributed by atoms with E-state index in [-0.39, 0.29) is 26.4 Å². The van der Waals surface area contributed by atoms with Crippen LogP contribution in [0.3, 0.4) is 0 Å². The van der Waals surface area contributed by atoms with Gasteiger partial charge in [0, 0.05) is 18.7 Å². The van der Waals surface area contributed by atoms with E-state index in [9.17, 15) is 13.2 Å². The number of likely N-dealkylation sites (tertiary alicyclic amines) is 1. The summed E-state index contributed by atoms with van der Waals surface area (Å²) in [5.74, 6) is 0.526. The molecule has 1 aromatic rings. The number of carbonyl (C=O) groups is 1. The normalized spacial score (nSPS) is 22.6. The van der Waals surface area contributed by atoms with Gasteiger partial charge in [-0.15, -0.1) is 0 Å². The number of halogens is 2. The maximum atomic E-state index is 12.5. The van der Waals surface area contributed by atoms with E-state index in [1.165, 1.54) is 12.1 Å². The van der Waals surface area contributed by atoms with Gasteiger partial charge in [-0.05, 0) is 24.0 Å². The second-order valence-electron chi connectivity index (χ2n) is 5.48. The molecule has 1 fully saturated rings. The van der Waals surface area contributed by atoms with Gasteiger partial charge >= 0.3 is 0 Å². The highest BCUT2D eigenvalue weighted by Crippen LogP contribution is 2.31. The topological polar surface area (TPSA) is 80.5 Å². The number of carbonyl (C=O) groups excluding carboxylic acids is 1. The van der Waals surface area contributed by atoms with Gasteiger partial charge in [0.15, 0.2) is 0 Å². The molecule has 0 radical (unpaired) electrons. The molecule has 5 nitrogen and oxygen atoms in total. The van der Waals surface area contributed by atoms with Gasteiger partial charge in [0.25, 0.3) is 5.91 Å². The predicted octanol–water partition coefficient (Wildman–Crippen LogP) is 2.37. The minimum absolute atomic E-state index is 0.00756. The fourth-order valence-electron chi connectivity index (χ4n) is 2.37. The van der Waals surface area contributed by atoms with Gasteiger partial charge in [-0.25, -0.2) is 13.6 Å². The van der Waals surface area contributed by atoms with Gasteiger partial charge in [-0.2, -0.15) is 0 Å². The van der Waals surface area contributed by atoms with Crippen LogP contribution in [0.2, 0.25) is 10.0 Å². The highest BCUT2D eigenvalue weighted by Gasteiger charge is 2.31. The van der Waals surface area contributed by atoms with Crippen molar-refractivity contribution in [3.63, 3.8) is 0 Å². The highest BCUT2D eigenvalue weighted by molar-refractivity contribution is 7.89. The summed E-state index contributed by atoms with van der Waals surface area (Å²) in [5, 5.41) is 4.92. The molecule has 116 valence electrons. The summed E-state index contributed by atoms with van der Waals surface area (Å²) in [6.07, 6.45) is 0. The number of rotatable bonds is 2. The van der Waals surface area contributed by atoms with Gasteiger partial charge in [0.1, 0.15) is 4.90 Å². The van der Waals surface area contributed by atoms with Crippen molar-refractivity contribution >= 4 is 39.1 Å². The van der Waals surface area contributed by atoms with Crippen LogP contribution in [0.5, 0.6) is 0 Å². The van der Waals surface area contributed by atoms with Crippen LogP contribution in [0.15, 0.2) is 17.0 Å². The molecule has 2 unspecified atom stereocenters. The Labute approximate surface area is 134 Å². The number of hydrogen-bond acceptors (Lipinski definition) is 3. The monoisotopic (exact) mass is 350 g/mol. The molecule has 1 saturated heterocycles. The van der Waals surface area contributed by atoms with Crippen LogP contribution in [0.1, 0.15) is 24.2 Å². The Morgan fingerprint density at radius 2 is 1.76 bits per heavy atom. The molecule has 0 saturated carbocycles. The van der Waals surface area contributed by atoms with Crippen LogP contribution in [0, 0.1) is 11.8 Å². The Morgan fingerprint density at radius 3 is 2.24 bits per heavy atom. The minimum Gasteiger partial charge on any atom is -0.338 e. The lowest BCUT2D eigenvalue weighted by atomic mass is 10.0. The quantitative estimate of drug-likeness (QED) is 0.888. The van der Waals surface area contributed by atoms with Gasteiger partial charge in [-0.1, -0.05) is 37.0 Å². The zero-order chi connectivity index (χ0) is 15.9. The Bertz CT molecular complexity index is 681. The van der Waals surface area contributed by atoms with Crippen LogP contribution in [0.25, 0.3) is 0 Å². The molecule has 1 aromatic carbocycles. The molecule has 1 amide bonds. The minimum atomic E-state index is -4.04. The highest BCUT2D eigenvalue weighted by atomic mass is 35.5. The third kappa shape index (κ3) is 3.34. The first-order chi connectivity index (χ1) is 9.61. The molecule has 8 heteroatoms. The first-order valence-electron chi connectivity index (χ1n) is 6.42. The number of nitrogens with two attached hydrogens (primary N) is 1. The molecule has 0 spiro atoms. The lowest BCUT2D eigenvalue weighted by Gasteiger charge is -2.17. The molecule has 2 N–H and O–H groups in total. The molecule has 2 rings (SSSR count). The predicted molar refractivity (Wildman–Crippen MR) is 82.1 cm³/mol. The summed E-state index contributed by atoms with van der Waals surface area (Å²) in [4.78, 5) is 13.8. The van der Waals surface area contributed by atoms with Crippen molar-refractivity contribution in [3.05, 3.63) is 27.7 Å². The van der Waals surface area contributed by atoms with Gasteiger partial charge in [0.05, 0.1) is 10.0 Å². The zero-order valence-corrected chi connectivity index (χ0v) is 14.0. The number of sulfonamides is 1. The fraction of sp³-hybridized carbons (Fsp3) is 0.462. The molecular weight excluding hydrogens is 335 g/mol. The number of benzene rings is 1. The van der Waals surface area contributed by atoms with E-state index < -0.39 is 10.0 Å². The Kier molecular flexibility index (Phi) is 4.54. The molecule has 1 aliphatic rings. The molecule has 21 heavy (non-hydrogen) atoms. The van der Waals surface area contributed by atoms with Crippen molar-refractivity contribution < 1.29 is 13.2 Å². The number of amides is 1. The lowest BCUT2D eigenvalue weighted by Crippen LogP contribution is -2.29. The number of primary sulfonamides is 1. The summed E-state index contributed by atoms with van der Waals surface area (Å²) in [7, 11) is -4.04. The van der Waals surface area contributed by atoms with Gasteiger partial charge in [-0.3, -0.25) is 4.79 Å². The van der Waals surface area contributed by atoms with Gasteiger partial charge in [0.2, 0.25) is 10.0 Å². The average Bonchev–Trinajstić information content (AvgIpc) is 2.70. The molecule has 0 bridgehead atoms. The zero-order valence-electron chi connectivity index (χ0n) is 11.6. The molecule has 1 aliphatic heterocycles. The Morgan fingerprint density at radius 1 is 1.24 bits per heavy atom. The van der Waals surface area contributed by atoms with Crippen molar-refractivity contribution in [2.75, 3.05) is 13.1 Å². The van der Waals surface area contributed by atoms with E-state index in [0.717, 1.165) is 0 Å². The van der Waals surface area contributed by atoms with E-state index in [4.69, 9.17) is 28.3 Å². The molecule has 0 aliphatic carbocycles. The number of hydrogen-bond donors (Lipinski definition) is 1. The van der Waals surface area contributed by atoms with Crippen LogP contribution in [0.4, 0.5) is 0 Å². The lowest BCUT2D eigenvalue weighted by molar-refractivity contribution is 0.0785.